The zero-order valence-corrected chi connectivity index (χ0v) is 15.4. The van der Waals surface area contributed by atoms with Crippen LogP contribution in [-0.4, -0.2) is 30.3 Å². The van der Waals surface area contributed by atoms with Crippen LogP contribution in [0.1, 0.15) is 18.4 Å². The minimum atomic E-state index is -0.166. The van der Waals surface area contributed by atoms with E-state index in [1.54, 1.807) is 18.5 Å². The first-order chi connectivity index (χ1) is 12.6. The highest BCUT2D eigenvalue weighted by molar-refractivity contribution is 7.71. The molecule has 1 aliphatic carbocycles. The van der Waals surface area contributed by atoms with Gasteiger partial charge in [-0.3, -0.25) is 9.88 Å². The minimum Gasteiger partial charge on any atom is -0.303 e. The van der Waals surface area contributed by atoms with Crippen LogP contribution >= 0.6 is 12.2 Å². The largest absolute Gasteiger partial charge is 0.303 e. The second kappa shape index (κ2) is 7.09. The number of hydrogen-bond acceptors (Lipinski definition) is 4. The molecule has 2 aromatic heterocycles. The van der Waals surface area contributed by atoms with Gasteiger partial charge in [-0.25, -0.2) is 9.07 Å². The van der Waals surface area contributed by atoms with Crippen molar-refractivity contribution in [2.75, 3.05) is 0 Å². The topological polar surface area (TPSA) is 38.9 Å². The molecule has 1 aliphatic rings. The summed E-state index contributed by atoms with van der Waals surface area (Å²) in [7, 11) is 1.92. The highest BCUT2D eigenvalue weighted by Gasteiger charge is 2.30. The molecule has 0 radical (unpaired) electrons. The summed E-state index contributed by atoms with van der Waals surface area (Å²) in [5.74, 6) is 0.638. The lowest BCUT2D eigenvalue weighted by molar-refractivity contribution is 0.184. The van der Waals surface area contributed by atoms with Crippen molar-refractivity contribution in [1.29, 1.82) is 0 Å². The third-order valence-corrected chi connectivity index (χ3v) is 5.17. The summed E-state index contributed by atoms with van der Waals surface area (Å²) in [5, 5.41) is 4.71. The molecule has 0 N–H and O–H groups in total. The fraction of sp³-hybridized carbons (Fsp3) is 0.316. The molecule has 0 bridgehead atoms. The van der Waals surface area contributed by atoms with E-state index in [-0.39, 0.29) is 5.82 Å². The first-order valence-corrected chi connectivity index (χ1v) is 9.06. The van der Waals surface area contributed by atoms with Crippen LogP contribution in [0.5, 0.6) is 0 Å². The molecule has 3 aromatic rings. The Labute approximate surface area is 156 Å². The summed E-state index contributed by atoms with van der Waals surface area (Å²) in [6.07, 6.45) is 5.75. The van der Waals surface area contributed by atoms with E-state index in [4.69, 9.17) is 17.3 Å². The third-order valence-electron chi connectivity index (χ3n) is 4.69. The maximum atomic E-state index is 14.1. The molecule has 4 rings (SSSR count). The number of nitrogens with zero attached hydrogens (tertiary/aromatic N) is 5. The van der Waals surface area contributed by atoms with E-state index in [0.717, 1.165) is 24.2 Å². The van der Waals surface area contributed by atoms with E-state index >= 15 is 0 Å². The maximum Gasteiger partial charge on any atom is 0.199 e. The van der Waals surface area contributed by atoms with E-state index in [0.29, 0.717) is 29.6 Å². The lowest BCUT2D eigenvalue weighted by Crippen LogP contribution is -2.29. The molecule has 5 nitrogen and oxygen atoms in total. The summed E-state index contributed by atoms with van der Waals surface area (Å²) in [6, 6.07) is 11.2. The van der Waals surface area contributed by atoms with Crippen LogP contribution in [0.2, 0.25) is 0 Å². The Morgan fingerprint density at radius 2 is 1.92 bits per heavy atom. The monoisotopic (exact) mass is 369 g/mol. The molecule has 7 heteroatoms. The van der Waals surface area contributed by atoms with Gasteiger partial charge in [-0.2, -0.15) is 5.10 Å². The Hall–Kier alpha value is -2.38. The SMILES string of the molecule is Cn1c(-c2ccncc2)nn(CN(Cc2ccccc2F)C2CC2)c1=S. The molecule has 1 saturated carbocycles. The fourth-order valence-corrected chi connectivity index (χ4v) is 3.27. The number of rotatable bonds is 6. The van der Waals surface area contributed by atoms with Gasteiger partial charge in [-0.1, -0.05) is 18.2 Å². The van der Waals surface area contributed by atoms with Crippen molar-refractivity contribution in [3.63, 3.8) is 0 Å². The van der Waals surface area contributed by atoms with Crippen molar-refractivity contribution in [1.82, 2.24) is 24.2 Å². The van der Waals surface area contributed by atoms with Crippen molar-refractivity contribution < 1.29 is 4.39 Å². The van der Waals surface area contributed by atoms with Crippen LogP contribution in [0, 0.1) is 10.6 Å². The molecule has 26 heavy (non-hydrogen) atoms. The van der Waals surface area contributed by atoms with Gasteiger partial charge in [0.2, 0.25) is 0 Å². The summed E-state index contributed by atoms with van der Waals surface area (Å²) in [6.45, 7) is 1.11. The first kappa shape index (κ1) is 17.1. The van der Waals surface area contributed by atoms with Crippen LogP contribution in [0.15, 0.2) is 48.8 Å². The Balaban J connectivity index is 1.61. The molecule has 0 atom stereocenters. The van der Waals surface area contributed by atoms with Gasteiger partial charge in [0.15, 0.2) is 10.6 Å². The molecular weight excluding hydrogens is 349 g/mol. The Morgan fingerprint density at radius 1 is 1.19 bits per heavy atom. The summed E-state index contributed by atoms with van der Waals surface area (Å²) in [5.41, 5.74) is 1.68. The second-order valence-corrected chi connectivity index (χ2v) is 6.98. The van der Waals surface area contributed by atoms with Gasteiger partial charge >= 0.3 is 0 Å². The van der Waals surface area contributed by atoms with Crippen molar-refractivity contribution in [2.24, 2.45) is 7.05 Å². The van der Waals surface area contributed by atoms with Crippen LogP contribution < -0.4 is 0 Å². The summed E-state index contributed by atoms with van der Waals surface area (Å²) >= 11 is 5.58. The van der Waals surface area contributed by atoms with Gasteiger partial charge < -0.3 is 4.57 Å². The maximum absolute atomic E-state index is 14.1. The fourth-order valence-electron chi connectivity index (χ4n) is 3.08. The van der Waals surface area contributed by atoms with Crippen molar-refractivity contribution in [2.45, 2.75) is 32.1 Å². The minimum absolute atomic E-state index is 0.166. The average molecular weight is 369 g/mol. The molecule has 0 amide bonds. The third kappa shape index (κ3) is 3.45. The van der Waals surface area contributed by atoms with E-state index in [1.807, 2.05) is 40.6 Å². The zero-order valence-electron chi connectivity index (χ0n) is 14.5. The van der Waals surface area contributed by atoms with E-state index in [2.05, 4.69) is 9.88 Å². The number of hydrogen-bond donors (Lipinski definition) is 0. The van der Waals surface area contributed by atoms with Gasteiger partial charge in [0.1, 0.15) is 5.82 Å². The van der Waals surface area contributed by atoms with E-state index in [9.17, 15) is 4.39 Å². The molecular formula is C19H20FN5S. The highest BCUT2D eigenvalue weighted by Crippen LogP contribution is 2.29. The Bertz CT molecular complexity index is 962. The molecule has 0 spiro atoms. The number of pyridine rings is 1. The van der Waals surface area contributed by atoms with Crippen LogP contribution in [-0.2, 0) is 20.3 Å². The molecule has 1 aromatic carbocycles. The normalized spacial score (nSPS) is 14.1. The first-order valence-electron chi connectivity index (χ1n) is 8.65. The van der Waals surface area contributed by atoms with Crippen molar-refractivity contribution in [3.05, 3.63) is 64.9 Å². The predicted octanol–water partition coefficient (Wildman–Crippen LogP) is 3.77. The van der Waals surface area contributed by atoms with Crippen molar-refractivity contribution in [3.8, 4) is 11.4 Å². The molecule has 1 fully saturated rings. The van der Waals surface area contributed by atoms with Crippen LogP contribution in [0.4, 0.5) is 4.39 Å². The van der Waals surface area contributed by atoms with Crippen molar-refractivity contribution >= 4 is 12.2 Å². The lowest BCUT2D eigenvalue weighted by Gasteiger charge is -2.22. The molecule has 2 heterocycles. The second-order valence-electron chi connectivity index (χ2n) is 6.61. The quantitative estimate of drug-likeness (QED) is 0.620. The summed E-state index contributed by atoms with van der Waals surface area (Å²) in [4.78, 5) is 6.30. The summed E-state index contributed by atoms with van der Waals surface area (Å²) < 4.78 is 18.4. The van der Waals surface area contributed by atoms with E-state index < -0.39 is 0 Å². The van der Waals surface area contributed by atoms with Crippen LogP contribution in [0.3, 0.4) is 0 Å². The number of halogens is 1. The lowest BCUT2D eigenvalue weighted by atomic mass is 10.2. The molecule has 0 saturated heterocycles. The number of aromatic nitrogens is 4. The van der Waals surface area contributed by atoms with Gasteiger partial charge in [0, 0.05) is 43.2 Å². The standard InChI is InChI=1S/C19H20FN5S/c1-23-18(14-8-10-21-11-9-14)22-25(19(23)26)13-24(16-6-7-16)12-15-4-2-3-5-17(15)20/h2-5,8-11,16H,6-7,12-13H2,1H3. The molecule has 0 unspecified atom stereocenters. The van der Waals surface area contributed by atoms with E-state index in [1.165, 1.54) is 6.07 Å². The average Bonchev–Trinajstić information content (AvgIpc) is 3.46. The molecule has 0 aliphatic heterocycles. The predicted molar refractivity (Wildman–Crippen MR) is 100 cm³/mol. The van der Waals surface area contributed by atoms with Gasteiger partial charge in [0.25, 0.3) is 0 Å². The van der Waals surface area contributed by atoms with Gasteiger partial charge in [-0.15, -0.1) is 0 Å². The van der Waals surface area contributed by atoms with Crippen LogP contribution in [0.25, 0.3) is 11.4 Å². The highest BCUT2D eigenvalue weighted by atomic mass is 32.1. The molecule has 134 valence electrons. The Morgan fingerprint density at radius 3 is 2.62 bits per heavy atom. The number of benzene rings is 1. The van der Waals surface area contributed by atoms with Gasteiger partial charge in [0.05, 0.1) is 6.67 Å². The zero-order chi connectivity index (χ0) is 18.1. The van der Waals surface area contributed by atoms with Gasteiger partial charge in [-0.05, 0) is 43.3 Å². The Kier molecular flexibility index (Phi) is 4.65. The smallest absolute Gasteiger partial charge is 0.199 e.